The first-order valence-corrected chi connectivity index (χ1v) is 3.67. The zero-order valence-electron chi connectivity index (χ0n) is 6.20. The second-order valence-corrected chi connectivity index (χ2v) is 2.68. The zero-order valence-corrected chi connectivity index (χ0v) is 6.95. The predicted molar refractivity (Wildman–Crippen MR) is 43.9 cm³/mol. The van der Waals surface area contributed by atoms with Crippen LogP contribution in [0.2, 0.25) is 5.02 Å². The summed E-state index contributed by atoms with van der Waals surface area (Å²) in [5, 5.41) is 12.5. The molecule has 0 saturated carbocycles. The van der Waals surface area contributed by atoms with Crippen molar-refractivity contribution in [2.24, 2.45) is 0 Å². The van der Waals surface area contributed by atoms with E-state index in [2.05, 4.69) is 5.10 Å². The molecular formula is C6H8ClN3O2. The number of hydrogen-bond acceptors (Lipinski definition) is 3. The van der Waals surface area contributed by atoms with Gasteiger partial charge in [0.05, 0.1) is 13.0 Å². The molecule has 0 spiro atoms. The van der Waals surface area contributed by atoms with Crippen molar-refractivity contribution in [3.63, 3.8) is 0 Å². The number of hydrogen-bond donors (Lipinski definition) is 2. The zero-order chi connectivity index (χ0) is 9.14. The molecule has 0 aliphatic heterocycles. The summed E-state index contributed by atoms with van der Waals surface area (Å²) in [6.45, 7) is 0.284. The highest BCUT2D eigenvalue weighted by Gasteiger charge is 2.03. The largest absolute Gasteiger partial charge is 0.481 e. The van der Waals surface area contributed by atoms with E-state index >= 15 is 0 Å². The maximum Gasteiger partial charge on any atom is 0.305 e. The third-order valence-electron chi connectivity index (χ3n) is 1.30. The summed E-state index contributed by atoms with van der Waals surface area (Å²) in [6, 6.07) is 0. The number of nitrogens with zero attached hydrogens (tertiary/aromatic N) is 2. The Hall–Kier alpha value is -1.23. The minimum Gasteiger partial charge on any atom is -0.481 e. The van der Waals surface area contributed by atoms with E-state index in [0.717, 1.165) is 0 Å². The topological polar surface area (TPSA) is 81.1 Å². The molecule has 6 heteroatoms. The lowest BCUT2D eigenvalue weighted by Gasteiger charge is -1.95. The summed E-state index contributed by atoms with van der Waals surface area (Å²) in [4.78, 5) is 10.2. The van der Waals surface area contributed by atoms with E-state index in [9.17, 15) is 4.79 Å². The molecule has 1 aromatic heterocycles. The van der Waals surface area contributed by atoms with Gasteiger partial charge in [-0.05, 0) is 0 Å². The summed E-state index contributed by atoms with van der Waals surface area (Å²) >= 11 is 5.59. The second kappa shape index (κ2) is 3.44. The molecule has 0 saturated heterocycles. The molecule has 1 heterocycles. The van der Waals surface area contributed by atoms with Crippen LogP contribution in [0.4, 0.5) is 5.82 Å². The van der Waals surface area contributed by atoms with Crippen LogP contribution in [0.25, 0.3) is 0 Å². The molecule has 0 fully saturated rings. The fourth-order valence-electron chi connectivity index (χ4n) is 0.737. The van der Waals surface area contributed by atoms with Gasteiger partial charge in [-0.3, -0.25) is 9.48 Å². The van der Waals surface area contributed by atoms with Crippen LogP contribution >= 0.6 is 11.6 Å². The van der Waals surface area contributed by atoms with E-state index < -0.39 is 5.97 Å². The van der Waals surface area contributed by atoms with Gasteiger partial charge in [-0.15, -0.1) is 0 Å². The van der Waals surface area contributed by atoms with Gasteiger partial charge in [0.15, 0.2) is 5.82 Å². The van der Waals surface area contributed by atoms with Crippen molar-refractivity contribution >= 4 is 23.4 Å². The highest BCUT2D eigenvalue weighted by atomic mass is 35.5. The van der Waals surface area contributed by atoms with Gasteiger partial charge < -0.3 is 10.8 Å². The summed E-state index contributed by atoms with van der Waals surface area (Å²) in [7, 11) is 0. The van der Waals surface area contributed by atoms with Gasteiger partial charge in [-0.25, -0.2) is 0 Å². The number of carboxylic acid groups (broad SMARTS) is 1. The predicted octanol–water partition coefficient (Wildman–Crippen LogP) is 0.593. The molecule has 12 heavy (non-hydrogen) atoms. The summed E-state index contributed by atoms with van der Waals surface area (Å²) in [6.07, 6.45) is 1.51. The molecule has 0 amide bonds. The molecule has 0 atom stereocenters. The molecule has 66 valence electrons. The Morgan fingerprint density at radius 1 is 1.83 bits per heavy atom. The van der Waals surface area contributed by atoms with E-state index in [-0.39, 0.29) is 18.8 Å². The van der Waals surface area contributed by atoms with Crippen LogP contribution in [0.3, 0.4) is 0 Å². The van der Waals surface area contributed by atoms with Crippen molar-refractivity contribution in [3.8, 4) is 0 Å². The molecule has 1 rings (SSSR count). The second-order valence-electron chi connectivity index (χ2n) is 2.27. The van der Waals surface area contributed by atoms with Crippen molar-refractivity contribution in [2.45, 2.75) is 13.0 Å². The number of aliphatic carboxylic acids is 1. The van der Waals surface area contributed by atoms with Gasteiger partial charge in [0.1, 0.15) is 5.02 Å². The van der Waals surface area contributed by atoms with Crippen molar-refractivity contribution < 1.29 is 9.90 Å². The molecule has 0 aliphatic carbocycles. The van der Waals surface area contributed by atoms with Crippen LogP contribution in [0.5, 0.6) is 0 Å². The fraction of sp³-hybridized carbons (Fsp3) is 0.333. The van der Waals surface area contributed by atoms with Crippen molar-refractivity contribution in [3.05, 3.63) is 11.2 Å². The van der Waals surface area contributed by atoms with E-state index in [1.165, 1.54) is 10.9 Å². The van der Waals surface area contributed by atoms with Crippen LogP contribution in [-0.4, -0.2) is 20.9 Å². The molecule has 1 aromatic rings. The molecule has 0 bridgehead atoms. The molecule has 0 unspecified atom stereocenters. The number of aromatic nitrogens is 2. The first kappa shape index (κ1) is 8.86. The minimum absolute atomic E-state index is 0.0114. The van der Waals surface area contributed by atoms with Crippen LogP contribution < -0.4 is 5.73 Å². The number of carboxylic acids is 1. The highest BCUT2D eigenvalue weighted by Crippen LogP contribution is 2.14. The third-order valence-corrected chi connectivity index (χ3v) is 1.59. The van der Waals surface area contributed by atoms with Gasteiger partial charge in [-0.1, -0.05) is 11.6 Å². The summed E-state index contributed by atoms with van der Waals surface area (Å²) in [5.41, 5.74) is 5.34. The fourth-order valence-corrected chi connectivity index (χ4v) is 0.887. The molecule has 5 nitrogen and oxygen atoms in total. The number of carbonyl (C=O) groups is 1. The van der Waals surface area contributed by atoms with E-state index in [1.807, 2.05) is 0 Å². The molecular weight excluding hydrogens is 182 g/mol. The van der Waals surface area contributed by atoms with Gasteiger partial charge in [0.2, 0.25) is 0 Å². The minimum atomic E-state index is -0.875. The standard InChI is InChI=1S/C6H8ClN3O2/c7-4-3-10(9-6(4)8)2-1-5(11)12/h3H,1-2H2,(H2,8,9)(H,11,12). The Balaban J connectivity index is 2.58. The Labute approximate surface area is 73.7 Å². The van der Waals surface area contributed by atoms with Crippen LogP contribution in [-0.2, 0) is 11.3 Å². The Kier molecular flexibility index (Phi) is 2.54. The van der Waals surface area contributed by atoms with Crippen LogP contribution in [0.1, 0.15) is 6.42 Å². The Morgan fingerprint density at radius 2 is 2.50 bits per heavy atom. The Morgan fingerprint density at radius 3 is 2.92 bits per heavy atom. The van der Waals surface area contributed by atoms with E-state index in [4.69, 9.17) is 22.4 Å². The SMILES string of the molecule is Nc1nn(CCC(=O)O)cc1Cl. The third kappa shape index (κ3) is 2.13. The lowest BCUT2D eigenvalue weighted by molar-refractivity contribution is -0.137. The summed E-state index contributed by atoms with van der Waals surface area (Å²) in [5.74, 6) is -0.651. The van der Waals surface area contributed by atoms with Gasteiger partial charge in [0.25, 0.3) is 0 Å². The number of halogens is 1. The first-order chi connectivity index (χ1) is 5.59. The normalized spacial score (nSPS) is 10.1. The molecule has 0 aliphatic rings. The van der Waals surface area contributed by atoms with Crippen molar-refractivity contribution in [2.75, 3.05) is 5.73 Å². The van der Waals surface area contributed by atoms with Gasteiger partial charge in [-0.2, -0.15) is 5.10 Å². The first-order valence-electron chi connectivity index (χ1n) is 3.30. The quantitative estimate of drug-likeness (QED) is 0.730. The number of anilines is 1. The van der Waals surface area contributed by atoms with E-state index in [1.54, 1.807) is 0 Å². The smallest absolute Gasteiger partial charge is 0.305 e. The number of rotatable bonds is 3. The van der Waals surface area contributed by atoms with Crippen LogP contribution in [0, 0.1) is 0 Å². The lowest BCUT2D eigenvalue weighted by atomic mass is 10.4. The van der Waals surface area contributed by atoms with Gasteiger partial charge >= 0.3 is 5.97 Å². The van der Waals surface area contributed by atoms with E-state index in [0.29, 0.717) is 5.02 Å². The average Bonchev–Trinajstić information content (AvgIpc) is 2.28. The lowest BCUT2D eigenvalue weighted by Crippen LogP contribution is -2.05. The molecule has 0 radical (unpaired) electrons. The highest BCUT2D eigenvalue weighted by molar-refractivity contribution is 6.32. The Bertz CT molecular complexity index is 277. The maximum atomic E-state index is 10.2. The van der Waals surface area contributed by atoms with Crippen molar-refractivity contribution in [1.29, 1.82) is 0 Å². The number of aryl methyl sites for hydroxylation is 1. The summed E-state index contributed by atoms with van der Waals surface area (Å²) < 4.78 is 1.41. The molecule has 0 aromatic carbocycles. The maximum absolute atomic E-state index is 10.2. The average molecular weight is 190 g/mol. The number of nitrogen functional groups attached to an aromatic ring is 1. The number of nitrogens with two attached hydrogens (primary N) is 1. The van der Waals surface area contributed by atoms with Gasteiger partial charge in [0, 0.05) is 6.20 Å². The monoisotopic (exact) mass is 189 g/mol. The molecule has 3 N–H and O–H groups in total. The van der Waals surface area contributed by atoms with Crippen molar-refractivity contribution in [1.82, 2.24) is 9.78 Å². The van der Waals surface area contributed by atoms with Crippen LogP contribution in [0.15, 0.2) is 6.20 Å².